The third kappa shape index (κ3) is 4.04. The first kappa shape index (κ1) is 17.2. The van der Waals surface area contributed by atoms with Gasteiger partial charge in [0.15, 0.2) is 0 Å². The summed E-state index contributed by atoms with van der Waals surface area (Å²) < 4.78 is 0. The molecule has 0 atom stereocenters. The van der Waals surface area contributed by atoms with Gasteiger partial charge in [-0.15, -0.1) is 0 Å². The highest BCUT2D eigenvalue weighted by atomic mass is 16.4. The van der Waals surface area contributed by atoms with E-state index >= 15 is 0 Å². The first-order valence-corrected chi connectivity index (χ1v) is 7.04. The Morgan fingerprint density at radius 3 is 2.43 bits per heavy atom. The number of hydrogen-bond donors (Lipinski definition) is 2. The number of likely N-dealkylation sites (N-methyl/N-ethyl adjacent to an activating group) is 1. The van der Waals surface area contributed by atoms with Gasteiger partial charge in [0.2, 0.25) is 5.91 Å². The molecule has 0 saturated carbocycles. The van der Waals surface area contributed by atoms with Crippen molar-refractivity contribution in [3.63, 3.8) is 0 Å². The van der Waals surface area contributed by atoms with Crippen LogP contribution in [-0.2, 0) is 9.59 Å². The number of amides is 1. The summed E-state index contributed by atoms with van der Waals surface area (Å²) in [7, 11) is 0. The zero-order valence-electron chi connectivity index (χ0n) is 13.4. The lowest BCUT2D eigenvalue weighted by molar-refractivity contribution is -0.149. The molecule has 0 radical (unpaired) electrons. The Bertz CT molecular complexity index is 538. The van der Waals surface area contributed by atoms with Crippen molar-refractivity contribution in [1.29, 1.82) is 0 Å². The van der Waals surface area contributed by atoms with E-state index in [2.05, 4.69) is 5.32 Å². The molecule has 0 aliphatic heterocycles. The number of aryl methyl sites for hydroxylation is 1. The molecule has 0 fully saturated rings. The van der Waals surface area contributed by atoms with Gasteiger partial charge in [0.25, 0.3) is 0 Å². The van der Waals surface area contributed by atoms with Crippen LogP contribution in [0.4, 0.5) is 5.69 Å². The molecule has 0 aromatic heterocycles. The van der Waals surface area contributed by atoms with Crippen LogP contribution >= 0.6 is 0 Å². The number of carbonyl (C=O) groups excluding carboxylic acids is 1. The maximum Gasteiger partial charge on any atom is 0.323 e. The molecule has 1 rings (SSSR count). The maximum atomic E-state index is 12.2. The summed E-state index contributed by atoms with van der Waals surface area (Å²) in [6.45, 7) is 9.51. The summed E-state index contributed by atoms with van der Waals surface area (Å²) in [5.41, 5.74) is 1.81. The van der Waals surface area contributed by atoms with Crippen LogP contribution in [0.25, 0.3) is 0 Å². The van der Waals surface area contributed by atoms with Crippen molar-refractivity contribution in [3.05, 3.63) is 29.3 Å². The van der Waals surface area contributed by atoms with E-state index < -0.39 is 11.5 Å². The molecule has 0 heterocycles. The summed E-state index contributed by atoms with van der Waals surface area (Å²) in [5.74, 6) is -1.15. The van der Waals surface area contributed by atoms with E-state index in [9.17, 15) is 14.7 Å². The van der Waals surface area contributed by atoms with Gasteiger partial charge >= 0.3 is 5.97 Å². The fourth-order valence-electron chi connectivity index (χ4n) is 2.09. The molecule has 0 bridgehead atoms. The number of aliphatic carboxylic acids is 1. The molecular weight excluding hydrogens is 268 g/mol. The van der Waals surface area contributed by atoms with Crippen LogP contribution in [0.2, 0.25) is 0 Å². The highest BCUT2D eigenvalue weighted by molar-refractivity contribution is 5.93. The Hall–Kier alpha value is -1.88. The summed E-state index contributed by atoms with van der Waals surface area (Å²) >= 11 is 0. The van der Waals surface area contributed by atoms with Crippen LogP contribution in [0.15, 0.2) is 18.2 Å². The fourth-order valence-corrected chi connectivity index (χ4v) is 2.09. The normalized spacial score (nSPS) is 11.5. The second-order valence-electron chi connectivity index (χ2n) is 5.67. The van der Waals surface area contributed by atoms with Crippen molar-refractivity contribution in [2.75, 3.05) is 18.4 Å². The smallest absolute Gasteiger partial charge is 0.323 e. The number of nitrogens with one attached hydrogen (secondary N) is 1. The maximum absolute atomic E-state index is 12.2. The van der Waals surface area contributed by atoms with E-state index in [1.54, 1.807) is 18.7 Å². The van der Waals surface area contributed by atoms with Crippen molar-refractivity contribution in [3.8, 4) is 0 Å². The largest absolute Gasteiger partial charge is 0.480 e. The SMILES string of the molecule is CCN(CC(=O)Nc1cccc(C)c1C)C(C)(C)C(=O)O. The van der Waals surface area contributed by atoms with Gasteiger partial charge < -0.3 is 10.4 Å². The number of anilines is 1. The molecule has 5 heteroatoms. The number of carboxylic acids is 1. The second kappa shape index (κ2) is 6.72. The molecule has 0 aliphatic carbocycles. The molecule has 1 aromatic carbocycles. The van der Waals surface area contributed by atoms with Gasteiger partial charge in [-0.3, -0.25) is 14.5 Å². The Morgan fingerprint density at radius 2 is 1.90 bits per heavy atom. The van der Waals surface area contributed by atoms with Crippen molar-refractivity contribution < 1.29 is 14.7 Å². The quantitative estimate of drug-likeness (QED) is 0.845. The number of nitrogens with zero attached hydrogens (tertiary/aromatic N) is 1. The lowest BCUT2D eigenvalue weighted by atomic mass is 10.0. The summed E-state index contributed by atoms with van der Waals surface area (Å²) in [4.78, 5) is 25.1. The predicted molar refractivity (Wildman–Crippen MR) is 83.5 cm³/mol. The van der Waals surface area contributed by atoms with Crippen LogP contribution < -0.4 is 5.32 Å². The Kier molecular flexibility index (Phi) is 5.49. The minimum absolute atomic E-state index is 0.0448. The average Bonchev–Trinajstić information content (AvgIpc) is 2.40. The van der Waals surface area contributed by atoms with E-state index in [1.165, 1.54) is 0 Å². The Morgan fingerprint density at radius 1 is 1.29 bits per heavy atom. The van der Waals surface area contributed by atoms with E-state index in [0.29, 0.717) is 6.54 Å². The topological polar surface area (TPSA) is 69.6 Å². The summed E-state index contributed by atoms with van der Waals surface area (Å²) in [5, 5.41) is 12.1. The van der Waals surface area contributed by atoms with Gasteiger partial charge in [0.1, 0.15) is 5.54 Å². The van der Waals surface area contributed by atoms with Gasteiger partial charge in [-0.05, 0) is 51.4 Å². The molecular formula is C16H24N2O3. The number of rotatable bonds is 6. The van der Waals surface area contributed by atoms with Crippen molar-refractivity contribution >= 4 is 17.6 Å². The van der Waals surface area contributed by atoms with E-state index in [1.807, 2.05) is 39.0 Å². The average molecular weight is 292 g/mol. The van der Waals surface area contributed by atoms with Crippen LogP contribution in [0.1, 0.15) is 31.9 Å². The van der Waals surface area contributed by atoms with Crippen LogP contribution in [-0.4, -0.2) is 40.5 Å². The van der Waals surface area contributed by atoms with E-state index in [0.717, 1.165) is 16.8 Å². The zero-order chi connectivity index (χ0) is 16.2. The van der Waals surface area contributed by atoms with E-state index in [-0.39, 0.29) is 12.5 Å². The second-order valence-corrected chi connectivity index (χ2v) is 5.67. The third-order valence-electron chi connectivity index (χ3n) is 3.91. The van der Waals surface area contributed by atoms with Crippen LogP contribution in [0.3, 0.4) is 0 Å². The van der Waals surface area contributed by atoms with E-state index in [4.69, 9.17) is 0 Å². The molecule has 0 unspecified atom stereocenters. The Balaban J connectivity index is 2.81. The predicted octanol–water partition coefficient (Wildman–Crippen LogP) is 2.43. The number of benzene rings is 1. The zero-order valence-corrected chi connectivity index (χ0v) is 13.4. The molecule has 1 aromatic rings. The third-order valence-corrected chi connectivity index (χ3v) is 3.91. The van der Waals surface area contributed by atoms with Crippen LogP contribution in [0, 0.1) is 13.8 Å². The molecule has 0 saturated heterocycles. The highest BCUT2D eigenvalue weighted by Crippen LogP contribution is 2.19. The molecule has 116 valence electrons. The van der Waals surface area contributed by atoms with Gasteiger partial charge in [-0.2, -0.15) is 0 Å². The van der Waals surface area contributed by atoms with Crippen molar-refractivity contribution in [1.82, 2.24) is 4.90 Å². The fraction of sp³-hybridized carbons (Fsp3) is 0.500. The molecule has 21 heavy (non-hydrogen) atoms. The Labute approximate surface area is 126 Å². The monoisotopic (exact) mass is 292 g/mol. The van der Waals surface area contributed by atoms with Crippen molar-refractivity contribution in [2.45, 2.75) is 40.2 Å². The minimum Gasteiger partial charge on any atom is -0.480 e. The highest BCUT2D eigenvalue weighted by Gasteiger charge is 2.34. The lowest BCUT2D eigenvalue weighted by Crippen LogP contribution is -2.52. The minimum atomic E-state index is -1.08. The summed E-state index contributed by atoms with van der Waals surface area (Å²) in [6, 6.07) is 5.71. The first-order chi connectivity index (χ1) is 9.70. The van der Waals surface area contributed by atoms with Gasteiger partial charge in [0.05, 0.1) is 6.54 Å². The molecule has 0 spiro atoms. The van der Waals surface area contributed by atoms with Gasteiger partial charge in [-0.25, -0.2) is 0 Å². The van der Waals surface area contributed by atoms with Gasteiger partial charge in [-0.1, -0.05) is 19.1 Å². The van der Waals surface area contributed by atoms with Gasteiger partial charge in [0, 0.05) is 5.69 Å². The molecule has 2 N–H and O–H groups in total. The van der Waals surface area contributed by atoms with Crippen LogP contribution in [0.5, 0.6) is 0 Å². The number of carbonyl (C=O) groups is 2. The van der Waals surface area contributed by atoms with Crippen molar-refractivity contribution in [2.24, 2.45) is 0 Å². The number of carboxylic acid groups (broad SMARTS) is 1. The molecule has 0 aliphatic rings. The molecule has 5 nitrogen and oxygen atoms in total. The summed E-state index contributed by atoms with van der Waals surface area (Å²) in [6.07, 6.45) is 0. The lowest BCUT2D eigenvalue weighted by Gasteiger charge is -2.33. The first-order valence-electron chi connectivity index (χ1n) is 7.04. The number of hydrogen-bond acceptors (Lipinski definition) is 3. The molecule has 1 amide bonds. The standard InChI is InChI=1S/C16H24N2O3/c1-6-18(16(4,5)15(20)21)10-14(19)17-13-9-7-8-11(2)12(13)3/h7-9H,6,10H2,1-5H3,(H,17,19)(H,20,21).